The molecule has 0 radical (unpaired) electrons. The summed E-state index contributed by atoms with van der Waals surface area (Å²) in [4.78, 5) is 12.1. The Balaban J connectivity index is 1.33. The molecule has 0 aliphatic heterocycles. The number of anilines is 1. The van der Waals surface area contributed by atoms with E-state index in [-0.39, 0.29) is 17.0 Å². The Kier molecular flexibility index (Phi) is 6.05. The number of aromatic amines is 1. The number of hydrogen-bond donors (Lipinski definition) is 3. The molecule has 0 spiro atoms. The van der Waals surface area contributed by atoms with Crippen molar-refractivity contribution in [1.29, 1.82) is 0 Å². The monoisotopic (exact) mass is 500 g/mol. The van der Waals surface area contributed by atoms with Crippen molar-refractivity contribution in [1.82, 2.24) is 24.8 Å². The zero-order chi connectivity index (χ0) is 23.9. The van der Waals surface area contributed by atoms with Gasteiger partial charge >= 0.3 is 0 Å². The van der Waals surface area contributed by atoms with Gasteiger partial charge in [-0.3, -0.25) is 0 Å². The topological polar surface area (TPSA) is 126 Å². The van der Waals surface area contributed by atoms with E-state index in [4.69, 9.17) is 16.1 Å². The highest BCUT2D eigenvalue weighted by atomic mass is 35.5. The summed E-state index contributed by atoms with van der Waals surface area (Å²) in [7, 11) is -3.72. The van der Waals surface area contributed by atoms with Crippen LogP contribution in [0.3, 0.4) is 0 Å². The predicted octanol–water partition coefficient (Wildman–Crippen LogP) is 4.58. The second-order valence-corrected chi connectivity index (χ2v) is 10.7. The number of nitrogens with zero attached hydrogens (tertiary/aromatic N) is 3. The maximum absolute atomic E-state index is 12.9. The molecule has 9 nitrogen and oxygen atoms in total. The van der Waals surface area contributed by atoms with Crippen LogP contribution in [0.2, 0.25) is 5.15 Å². The molecule has 1 aliphatic rings. The average molecular weight is 501 g/mol. The van der Waals surface area contributed by atoms with Crippen molar-refractivity contribution in [3.63, 3.8) is 0 Å². The second kappa shape index (κ2) is 9.01. The van der Waals surface area contributed by atoms with E-state index in [0.717, 1.165) is 41.4 Å². The van der Waals surface area contributed by atoms with Crippen molar-refractivity contribution in [2.24, 2.45) is 0 Å². The molecule has 0 amide bonds. The minimum atomic E-state index is -3.72. The normalized spacial score (nSPS) is 18.9. The third-order valence-corrected chi connectivity index (χ3v) is 8.10. The molecule has 0 aromatic carbocycles. The SMILES string of the molecule is Cc1noc(C)c1S(=O)(=O)NC1CCCC(Nc2cc(-c3c[nH]c4ncccc34)cc(Cl)n2)C1. The van der Waals surface area contributed by atoms with E-state index >= 15 is 0 Å². The number of sulfonamides is 1. The zero-order valence-electron chi connectivity index (χ0n) is 18.8. The molecule has 0 saturated heterocycles. The molecule has 178 valence electrons. The van der Waals surface area contributed by atoms with Crippen molar-refractivity contribution in [2.75, 3.05) is 5.32 Å². The summed E-state index contributed by atoms with van der Waals surface area (Å²) in [5, 5.41) is 8.61. The molecule has 2 atom stereocenters. The van der Waals surface area contributed by atoms with Gasteiger partial charge in [-0.05, 0) is 69.4 Å². The first-order valence-electron chi connectivity index (χ1n) is 11.1. The number of aryl methyl sites for hydroxylation is 2. The Bertz CT molecular complexity index is 1430. The van der Waals surface area contributed by atoms with Crippen LogP contribution in [0.25, 0.3) is 22.2 Å². The van der Waals surface area contributed by atoms with E-state index in [0.29, 0.717) is 28.8 Å². The Morgan fingerprint density at radius 2 is 2.03 bits per heavy atom. The molecule has 4 heterocycles. The number of nitrogens with one attached hydrogen (secondary N) is 3. The van der Waals surface area contributed by atoms with Gasteiger partial charge in [0.2, 0.25) is 10.0 Å². The first kappa shape index (κ1) is 22.8. The summed E-state index contributed by atoms with van der Waals surface area (Å²) in [6.45, 7) is 3.23. The van der Waals surface area contributed by atoms with Gasteiger partial charge in [-0.25, -0.2) is 23.1 Å². The molecule has 4 aromatic heterocycles. The lowest BCUT2D eigenvalue weighted by molar-refractivity contribution is 0.383. The van der Waals surface area contributed by atoms with Gasteiger partial charge in [0.1, 0.15) is 27.2 Å². The zero-order valence-corrected chi connectivity index (χ0v) is 20.4. The lowest BCUT2D eigenvalue weighted by Crippen LogP contribution is -2.42. The summed E-state index contributed by atoms with van der Waals surface area (Å²) >= 11 is 6.35. The van der Waals surface area contributed by atoms with Crippen molar-refractivity contribution in [3.05, 3.63) is 53.3 Å². The van der Waals surface area contributed by atoms with Gasteiger partial charge in [0.05, 0.1) is 0 Å². The van der Waals surface area contributed by atoms with Crippen LogP contribution in [0, 0.1) is 13.8 Å². The molecule has 0 bridgehead atoms. The van der Waals surface area contributed by atoms with Crippen molar-refractivity contribution < 1.29 is 12.9 Å². The molecule has 4 aromatic rings. The predicted molar refractivity (Wildman–Crippen MR) is 130 cm³/mol. The molecule has 1 aliphatic carbocycles. The molecular formula is C23H25ClN6O3S. The fraction of sp³-hybridized carbons (Fsp3) is 0.348. The van der Waals surface area contributed by atoms with Crippen molar-refractivity contribution in [3.8, 4) is 11.1 Å². The molecule has 3 N–H and O–H groups in total. The van der Waals surface area contributed by atoms with Gasteiger partial charge < -0.3 is 14.8 Å². The lowest BCUT2D eigenvalue weighted by atomic mass is 9.91. The van der Waals surface area contributed by atoms with Crippen LogP contribution in [-0.4, -0.2) is 40.6 Å². The highest BCUT2D eigenvalue weighted by Gasteiger charge is 2.30. The van der Waals surface area contributed by atoms with E-state index < -0.39 is 10.0 Å². The van der Waals surface area contributed by atoms with Crippen LogP contribution in [0.4, 0.5) is 5.82 Å². The van der Waals surface area contributed by atoms with Crippen LogP contribution < -0.4 is 10.0 Å². The molecule has 5 rings (SSSR count). The lowest BCUT2D eigenvalue weighted by Gasteiger charge is -2.30. The maximum atomic E-state index is 12.9. The van der Waals surface area contributed by atoms with Crippen LogP contribution >= 0.6 is 11.6 Å². The molecule has 1 fully saturated rings. The summed E-state index contributed by atoms with van der Waals surface area (Å²) in [5.74, 6) is 0.943. The quantitative estimate of drug-likeness (QED) is 0.330. The molecule has 11 heteroatoms. The minimum Gasteiger partial charge on any atom is -0.367 e. The highest BCUT2D eigenvalue weighted by Crippen LogP contribution is 2.32. The van der Waals surface area contributed by atoms with Gasteiger partial charge in [-0.1, -0.05) is 16.8 Å². The largest absolute Gasteiger partial charge is 0.367 e. The second-order valence-electron chi connectivity index (χ2n) is 8.65. The van der Waals surface area contributed by atoms with Gasteiger partial charge in [0.25, 0.3) is 0 Å². The van der Waals surface area contributed by atoms with Crippen LogP contribution in [0.5, 0.6) is 0 Å². The van der Waals surface area contributed by atoms with Gasteiger partial charge in [-0.2, -0.15) is 0 Å². The van der Waals surface area contributed by atoms with E-state index in [9.17, 15) is 8.42 Å². The van der Waals surface area contributed by atoms with Gasteiger partial charge in [0, 0.05) is 35.4 Å². The number of pyridine rings is 2. The van der Waals surface area contributed by atoms with E-state index in [1.807, 2.05) is 30.5 Å². The Labute approximate surface area is 202 Å². The first-order valence-corrected chi connectivity index (χ1v) is 13.0. The fourth-order valence-corrected chi connectivity index (χ4v) is 6.52. The van der Waals surface area contributed by atoms with Gasteiger partial charge in [-0.15, -0.1) is 0 Å². The minimum absolute atomic E-state index is 0.0505. The Hall–Kier alpha value is -2.95. The standard InChI is InChI=1S/C23H25ClN6O3S/c1-13-22(14(2)33-29-13)34(31,32)30-17-6-3-5-16(11-17)27-21-10-15(9-20(24)28-21)19-12-26-23-18(19)7-4-8-25-23/h4,7-10,12,16-17,30H,3,5-6,11H2,1-2H3,(H,25,26)(H,27,28). The summed E-state index contributed by atoms with van der Waals surface area (Å²) in [5.41, 5.74) is 3.08. The van der Waals surface area contributed by atoms with Crippen LogP contribution in [0.15, 0.2) is 46.1 Å². The number of aromatic nitrogens is 4. The number of halogens is 1. The van der Waals surface area contributed by atoms with Crippen LogP contribution in [-0.2, 0) is 10.0 Å². The summed E-state index contributed by atoms with van der Waals surface area (Å²) in [6.07, 6.45) is 6.83. The summed E-state index contributed by atoms with van der Waals surface area (Å²) in [6, 6.07) is 7.53. The number of fused-ring (bicyclic) bond motifs is 1. The van der Waals surface area contributed by atoms with E-state index in [1.54, 1.807) is 20.0 Å². The van der Waals surface area contributed by atoms with E-state index in [1.165, 1.54) is 0 Å². The molecule has 34 heavy (non-hydrogen) atoms. The molecule has 2 unspecified atom stereocenters. The number of rotatable bonds is 6. The molecule has 1 saturated carbocycles. The number of hydrogen-bond acceptors (Lipinski definition) is 7. The average Bonchev–Trinajstić information content (AvgIpc) is 3.36. The molecular weight excluding hydrogens is 476 g/mol. The Morgan fingerprint density at radius 1 is 1.21 bits per heavy atom. The van der Waals surface area contributed by atoms with Crippen molar-refractivity contribution >= 4 is 38.5 Å². The maximum Gasteiger partial charge on any atom is 0.246 e. The number of H-pyrrole nitrogens is 1. The third kappa shape index (κ3) is 4.53. The smallest absolute Gasteiger partial charge is 0.246 e. The summed E-state index contributed by atoms with van der Waals surface area (Å²) < 4.78 is 33.7. The fourth-order valence-electron chi connectivity index (χ4n) is 4.69. The van der Waals surface area contributed by atoms with Gasteiger partial charge in [0.15, 0.2) is 5.76 Å². The first-order chi connectivity index (χ1) is 16.3. The highest BCUT2D eigenvalue weighted by molar-refractivity contribution is 7.89. The third-order valence-electron chi connectivity index (χ3n) is 6.14. The van der Waals surface area contributed by atoms with Crippen LogP contribution in [0.1, 0.15) is 37.1 Å². The Morgan fingerprint density at radius 3 is 2.82 bits per heavy atom. The van der Waals surface area contributed by atoms with Crippen molar-refractivity contribution in [2.45, 2.75) is 56.5 Å². The van der Waals surface area contributed by atoms with E-state index in [2.05, 4.69) is 30.1 Å².